The standard InChI is InChI=1S/C17H24N2O3.ClH/c1-3-9-19(12-14-4-6-16(21-2)7-5-14)17(20)11-15-13-22-10-8-18-15;/h3-7,15,18H,1,8-13H2,2H3;1H. The summed E-state index contributed by atoms with van der Waals surface area (Å²) in [6.07, 6.45) is 2.20. The lowest BCUT2D eigenvalue weighted by molar-refractivity contribution is -0.132. The molecule has 6 heteroatoms. The van der Waals surface area contributed by atoms with Crippen LogP contribution < -0.4 is 10.1 Å². The Kier molecular flexibility index (Phi) is 8.69. The number of carbonyl (C=O) groups is 1. The van der Waals surface area contributed by atoms with Gasteiger partial charge in [0.2, 0.25) is 5.91 Å². The normalized spacial score (nSPS) is 17.0. The Hall–Kier alpha value is -1.56. The second-order valence-corrected chi connectivity index (χ2v) is 5.34. The van der Waals surface area contributed by atoms with E-state index in [1.54, 1.807) is 13.2 Å². The van der Waals surface area contributed by atoms with Crippen molar-refractivity contribution in [1.29, 1.82) is 0 Å². The molecular weight excluding hydrogens is 316 g/mol. The Bertz CT molecular complexity index is 487. The number of halogens is 1. The summed E-state index contributed by atoms with van der Waals surface area (Å²) in [5.41, 5.74) is 1.07. The number of nitrogens with zero attached hydrogens (tertiary/aromatic N) is 1. The molecule has 1 amide bonds. The van der Waals surface area contributed by atoms with Gasteiger partial charge in [-0.1, -0.05) is 18.2 Å². The highest BCUT2D eigenvalue weighted by atomic mass is 35.5. The molecule has 0 bridgehead atoms. The third-order valence-corrected chi connectivity index (χ3v) is 3.65. The number of nitrogens with one attached hydrogen (secondary N) is 1. The van der Waals surface area contributed by atoms with E-state index in [4.69, 9.17) is 9.47 Å². The van der Waals surface area contributed by atoms with E-state index < -0.39 is 0 Å². The number of benzene rings is 1. The minimum Gasteiger partial charge on any atom is -0.497 e. The van der Waals surface area contributed by atoms with Crippen molar-refractivity contribution in [3.05, 3.63) is 42.5 Å². The molecule has 1 N–H and O–H groups in total. The molecule has 1 heterocycles. The first-order valence-corrected chi connectivity index (χ1v) is 7.55. The highest BCUT2D eigenvalue weighted by Crippen LogP contribution is 2.14. The summed E-state index contributed by atoms with van der Waals surface area (Å²) in [5, 5.41) is 3.31. The lowest BCUT2D eigenvalue weighted by atomic mass is 10.1. The van der Waals surface area contributed by atoms with Gasteiger partial charge in [0.05, 0.1) is 20.3 Å². The molecule has 1 saturated heterocycles. The number of morpholine rings is 1. The molecule has 1 unspecified atom stereocenters. The van der Waals surface area contributed by atoms with Crippen molar-refractivity contribution in [2.45, 2.75) is 19.0 Å². The molecule has 5 nitrogen and oxygen atoms in total. The van der Waals surface area contributed by atoms with Crippen LogP contribution in [-0.2, 0) is 16.1 Å². The average Bonchev–Trinajstić information content (AvgIpc) is 2.56. The average molecular weight is 341 g/mol. The topological polar surface area (TPSA) is 50.8 Å². The summed E-state index contributed by atoms with van der Waals surface area (Å²) < 4.78 is 10.5. The Morgan fingerprint density at radius 2 is 2.22 bits per heavy atom. The molecule has 1 aliphatic heterocycles. The van der Waals surface area contributed by atoms with E-state index in [-0.39, 0.29) is 24.4 Å². The third-order valence-electron chi connectivity index (χ3n) is 3.65. The lowest BCUT2D eigenvalue weighted by Gasteiger charge is -2.27. The van der Waals surface area contributed by atoms with E-state index in [0.29, 0.717) is 32.7 Å². The van der Waals surface area contributed by atoms with E-state index in [2.05, 4.69) is 11.9 Å². The highest BCUT2D eigenvalue weighted by Gasteiger charge is 2.20. The molecule has 0 radical (unpaired) electrons. The van der Waals surface area contributed by atoms with Gasteiger partial charge in [0.1, 0.15) is 5.75 Å². The van der Waals surface area contributed by atoms with Crippen LogP contribution in [0.4, 0.5) is 0 Å². The zero-order valence-corrected chi connectivity index (χ0v) is 14.3. The summed E-state index contributed by atoms with van der Waals surface area (Å²) in [4.78, 5) is 14.3. The van der Waals surface area contributed by atoms with Crippen LogP contribution in [0.1, 0.15) is 12.0 Å². The molecule has 0 saturated carbocycles. The fraction of sp³-hybridized carbons (Fsp3) is 0.471. The first-order valence-electron chi connectivity index (χ1n) is 7.55. The van der Waals surface area contributed by atoms with Gasteiger partial charge in [0, 0.05) is 32.1 Å². The zero-order chi connectivity index (χ0) is 15.8. The summed E-state index contributed by atoms with van der Waals surface area (Å²) in [7, 11) is 1.64. The molecular formula is C17H25ClN2O3. The van der Waals surface area contributed by atoms with Crippen molar-refractivity contribution in [2.75, 3.05) is 33.4 Å². The second kappa shape index (κ2) is 10.3. The third kappa shape index (κ3) is 6.22. The monoisotopic (exact) mass is 340 g/mol. The van der Waals surface area contributed by atoms with Crippen molar-refractivity contribution in [3.8, 4) is 5.75 Å². The van der Waals surface area contributed by atoms with Crippen LogP contribution in [0.3, 0.4) is 0 Å². The van der Waals surface area contributed by atoms with Crippen LogP contribution in [0, 0.1) is 0 Å². The van der Waals surface area contributed by atoms with Gasteiger partial charge in [0.25, 0.3) is 0 Å². The molecule has 0 spiro atoms. The van der Waals surface area contributed by atoms with Gasteiger partial charge in [-0.05, 0) is 17.7 Å². The van der Waals surface area contributed by atoms with Gasteiger partial charge in [-0.25, -0.2) is 0 Å². The lowest BCUT2D eigenvalue weighted by Crippen LogP contribution is -2.45. The molecule has 0 aliphatic carbocycles. The van der Waals surface area contributed by atoms with Gasteiger partial charge < -0.3 is 19.7 Å². The predicted octanol–water partition coefficient (Wildman–Crippen LogP) is 2.01. The van der Waals surface area contributed by atoms with Crippen molar-refractivity contribution in [2.24, 2.45) is 0 Å². The fourth-order valence-corrected chi connectivity index (χ4v) is 2.45. The van der Waals surface area contributed by atoms with Crippen molar-refractivity contribution < 1.29 is 14.3 Å². The van der Waals surface area contributed by atoms with Crippen LogP contribution in [-0.4, -0.2) is 50.3 Å². The van der Waals surface area contributed by atoms with E-state index in [1.807, 2.05) is 29.2 Å². The van der Waals surface area contributed by atoms with E-state index in [0.717, 1.165) is 17.9 Å². The second-order valence-electron chi connectivity index (χ2n) is 5.34. The Morgan fingerprint density at radius 1 is 1.48 bits per heavy atom. The Labute approximate surface area is 144 Å². The molecule has 1 fully saturated rings. The van der Waals surface area contributed by atoms with Crippen LogP contribution in [0.15, 0.2) is 36.9 Å². The van der Waals surface area contributed by atoms with Gasteiger partial charge in [0.15, 0.2) is 0 Å². The van der Waals surface area contributed by atoms with Crippen LogP contribution in [0.2, 0.25) is 0 Å². The Balaban J connectivity index is 0.00000264. The van der Waals surface area contributed by atoms with Gasteiger partial charge >= 0.3 is 0 Å². The van der Waals surface area contributed by atoms with Gasteiger partial charge in [-0.2, -0.15) is 0 Å². The maximum absolute atomic E-state index is 12.5. The van der Waals surface area contributed by atoms with Crippen molar-refractivity contribution in [3.63, 3.8) is 0 Å². The number of rotatable bonds is 7. The maximum atomic E-state index is 12.5. The maximum Gasteiger partial charge on any atom is 0.224 e. The molecule has 2 rings (SSSR count). The first-order chi connectivity index (χ1) is 10.7. The van der Waals surface area contributed by atoms with Crippen molar-refractivity contribution in [1.82, 2.24) is 10.2 Å². The van der Waals surface area contributed by atoms with Gasteiger partial charge in [-0.3, -0.25) is 4.79 Å². The number of carbonyl (C=O) groups excluding carboxylic acids is 1. The summed E-state index contributed by atoms with van der Waals surface area (Å²) in [6, 6.07) is 7.86. The smallest absolute Gasteiger partial charge is 0.224 e. The molecule has 0 aromatic heterocycles. The molecule has 128 valence electrons. The summed E-state index contributed by atoms with van der Waals surface area (Å²) in [6.45, 7) is 6.97. The number of hydrogen-bond donors (Lipinski definition) is 1. The number of amides is 1. The first kappa shape index (κ1) is 19.5. The Morgan fingerprint density at radius 3 is 2.78 bits per heavy atom. The van der Waals surface area contributed by atoms with E-state index >= 15 is 0 Å². The molecule has 1 atom stereocenters. The molecule has 1 aliphatic rings. The number of ether oxygens (including phenoxy) is 2. The molecule has 1 aromatic rings. The van der Waals surface area contributed by atoms with Crippen LogP contribution in [0.5, 0.6) is 5.75 Å². The van der Waals surface area contributed by atoms with E-state index in [1.165, 1.54) is 0 Å². The SMILES string of the molecule is C=CCN(Cc1ccc(OC)cc1)C(=O)CC1COCCN1.Cl. The number of methoxy groups -OCH3 is 1. The number of hydrogen-bond acceptors (Lipinski definition) is 4. The van der Waals surface area contributed by atoms with Crippen molar-refractivity contribution >= 4 is 18.3 Å². The minimum absolute atomic E-state index is 0. The fourth-order valence-electron chi connectivity index (χ4n) is 2.45. The zero-order valence-electron chi connectivity index (χ0n) is 13.5. The quantitative estimate of drug-likeness (QED) is 0.771. The van der Waals surface area contributed by atoms with Crippen LogP contribution in [0.25, 0.3) is 0 Å². The van der Waals surface area contributed by atoms with E-state index in [9.17, 15) is 4.79 Å². The largest absolute Gasteiger partial charge is 0.497 e. The summed E-state index contributed by atoms with van der Waals surface area (Å²) >= 11 is 0. The summed E-state index contributed by atoms with van der Waals surface area (Å²) in [5.74, 6) is 0.924. The minimum atomic E-state index is 0. The molecule has 23 heavy (non-hydrogen) atoms. The predicted molar refractivity (Wildman–Crippen MR) is 93.1 cm³/mol. The molecule has 1 aromatic carbocycles. The highest BCUT2D eigenvalue weighted by molar-refractivity contribution is 5.85. The van der Waals surface area contributed by atoms with Gasteiger partial charge in [-0.15, -0.1) is 19.0 Å². The van der Waals surface area contributed by atoms with Crippen LogP contribution >= 0.6 is 12.4 Å².